The second kappa shape index (κ2) is 8.68. The van der Waals surface area contributed by atoms with Crippen molar-refractivity contribution in [2.45, 2.75) is 32.1 Å². The normalized spacial score (nSPS) is 17.7. The Morgan fingerprint density at radius 1 is 1.00 bits per heavy atom. The molecule has 5 heteroatoms. The molecule has 1 amide bonds. The second-order valence-electron chi connectivity index (χ2n) is 7.76. The fourth-order valence-electron chi connectivity index (χ4n) is 4.24. The lowest BCUT2D eigenvalue weighted by molar-refractivity contribution is -0.148. The lowest BCUT2D eigenvalue weighted by atomic mass is 9.98. The Kier molecular flexibility index (Phi) is 5.84. The van der Waals surface area contributed by atoms with Crippen molar-refractivity contribution in [1.82, 2.24) is 4.90 Å². The Morgan fingerprint density at radius 2 is 1.66 bits per heavy atom. The van der Waals surface area contributed by atoms with Gasteiger partial charge in [0.1, 0.15) is 6.61 Å². The van der Waals surface area contributed by atoms with Crippen LogP contribution in [0.25, 0.3) is 11.1 Å². The van der Waals surface area contributed by atoms with Crippen molar-refractivity contribution < 1.29 is 19.1 Å². The standard InChI is InChI=1S/C24H27NO4/c1-2-3-14-28-23(26)17-12-13-25(15-17)24(27)29-16-22-20-10-6-4-8-18(20)19-9-5-7-11-21(19)22/h4-11,17,22H,2-3,12-16H2,1H3. The molecule has 1 aliphatic heterocycles. The summed E-state index contributed by atoms with van der Waals surface area (Å²) in [5.74, 6) is -0.400. The largest absolute Gasteiger partial charge is 0.465 e. The maximum atomic E-state index is 12.6. The van der Waals surface area contributed by atoms with Crippen LogP contribution < -0.4 is 0 Å². The number of carbonyl (C=O) groups excluding carboxylic acids is 2. The zero-order valence-electron chi connectivity index (χ0n) is 16.8. The van der Waals surface area contributed by atoms with Gasteiger partial charge < -0.3 is 14.4 Å². The van der Waals surface area contributed by atoms with Crippen molar-refractivity contribution in [1.29, 1.82) is 0 Å². The van der Waals surface area contributed by atoms with Crippen LogP contribution in [0.1, 0.15) is 43.2 Å². The minimum absolute atomic E-state index is 0.0451. The maximum absolute atomic E-state index is 12.6. The molecule has 2 aromatic carbocycles. The monoisotopic (exact) mass is 393 g/mol. The molecular formula is C24H27NO4. The van der Waals surface area contributed by atoms with Crippen molar-refractivity contribution in [3.63, 3.8) is 0 Å². The number of hydrogen-bond acceptors (Lipinski definition) is 4. The molecule has 1 aliphatic carbocycles. The number of esters is 1. The number of amides is 1. The number of hydrogen-bond donors (Lipinski definition) is 0. The summed E-state index contributed by atoms with van der Waals surface area (Å²) in [5, 5.41) is 0. The molecule has 4 rings (SSSR count). The first-order chi connectivity index (χ1) is 14.2. The number of fused-ring (bicyclic) bond motifs is 3. The first-order valence-corrected chi connectivity index (χ1v) is 10.5. The van der Waals surface area contributed by atoms with E-state index in [-0.39, 0.29) is 23.9 Å². The Balaban J connectivity index is 1.35. The zero-order chi connectivity index (χ0) is 20.2. The number of ether oxygens (including phenoxy) is 2. The highest BCUT2D eigenvalue weighted by Crippen LogP contribution is 2.44. The predicted octanol–water partition coefficient (Wildman–Crippen LogP) is 4.60. The van der Waals surface area contributed by atoms with Gasteiger partial charge in [0, 0.05) is 19.0 Å². The minimum Gasteiger partial charge on any atom is -0.465 e. The number of carbonyl (C=O) groups is 2. The first kappa shape index (κ1) is 19.5. The SMILES string of the molecule is CCCCOC(=O)C1CCN(C(=O)OCC2c3ccccc3-c3ccccc32)C1. The quantitative estimate of drug-likeness (QED) is 0.532. The van der Waals surface area contributed by atoms with Gasteiger partial charge in [-0.1, -0.05) is 61.9 Å². The Labute approximate surface area is 171 Å². The van der Waals surface area contributed by atoms with E-state index < -0.39 is 0 Å². The minimum atomic E-state index is -0.351. The van der Waals surface area contributed by atoms with E-state index in [1.54, 1.807) is 4.90 Å². The Morgan fingerprint density at radius 3 is 2.31 bits per heavy atom. The van der Waals surface area contributed by atoms with Gasteiger partial charge in [0.2, 0.25) is 0 Å². The average Bonchev–Trinajstić information content (AvgIpc) is 3.36. The molecule has 0 saturated carbocycles. The molecule has 2 aromatic rings. The Hall–Kier alpha value is -2.82. The molecule has 152 valence electrons. The molecule has 1 fully saturated rings. The van der Waals surface area contributed by atoms with E-state index in [1.165, 1.54) is 22.3 Å². The van der Waals surface area contributed by atoms with Crippen LogP contribution in [-0.2, 0) is 14.3 Å². The average molecular weight is 393 g/mol. The van der Waals surface area contributed by atoms with Crippen molar-refractivity contribution in [2.75, 3.05) is 26.3 Å². The van der Waals surface area contributed by atoms with Gasteiger partial charge in [-0.05, 0) is 35.1 Å². The molecule has 0 spiro atoms. The van der Waals surface area contributed by atoms with Crippen LogP contribution in [0.3, 0.4) is 0 Å². The summed E-state index contributed by atoms with van der Waals surface area (Å²) >= 11 is 0. The van der Waals surface area contributed by atoms with Gasteiger partial charge >= 0.3 is 12.1 Å². The highest BCUT2D eigenvalue weighted by Gasteiger charge is 2.34. The number of unbranched alkanes of at least 4 members (excludes halogenated alkanes) is 1. The van der Waals surface area contributed by atoms with E-state index in [2.05, 4.69) is 31.2 Å². The molecule has 1 atom stereocenters. The van der Waals surface area contributed by atoms with E-state index in [1.807, 2.05) is 24.3 Å². The maximum Gasteiger partial charge on any atom is 0.409 e. The molecule has 1 saturated heterocycles. The molecular weight excluding hydrogens is 366 g/mol. The number of benzene rings is 2. The fourth-order valence-corrected chi connectivity index (χ4v) is 4.24. The van der Waals surface area contributed by atoms with Crippen LogP contribution >= 0.6 is 0 Å². The van der Waals surface area contributed by atoms with Gasteiger partial charge in [-0.25, -0.2) is 4.79 Å². The van der Waals surface area contributed by atoms with Crippen molar-refractivity contribution in [3.8, 4) is 11.1 Å². The van der Waals surface area contributed by atoms with Gasteiger partial charge in [0.05, 0.1) is 12.5 Å². The number of nitrogens with zero attached hydrogens (tertiary/aromatic N) is 1. The Bertz CT molecular complexity index is 848. The van der Waals surface area contributed by atoms with E-state index in [0.29, 0.717) is 32.7 Å². The molecule has 0 aromatic heterocycles. The highest BCUT2D eigenvalue weighted by molar-refractivity contribution is 5.79. The summed E-state index contributed by atoms with van der Waals surface area (Å²) in [6.45, 7) is 3.72. The van der Waals surface area contributed by atoms with Crippen LogP contribution in [0.4, 0.5) is 4.79 Å². The smallest absolute Gasteiger partial charge is 0.409 e. The highest BCUT2D eigenvalue weighted by atomic mass is 16.6. The molecule has 0 radical (unpaired) electrons. The predicted molar refractivity (Wildman–Crippen MR) is 111 cm³/mol. The van der Waals surface area contributed by atoms with Crippen molar-refractivity contribution in [3.05, 3.63) is 59.7 Å². The fraction of sp³-hybridized carbons (Fsp3) is 0.417. The van der Waals surface area contributed by atoms with Crippen LogP contribution in [-0.4, -0.2) is 43.3 Å². The summed E-state index contributed by atoms with van der Waals surface area (Å²) in [7, 11) is 0. The van der Waals surface area contributed by atoms with E-state index in [0.717, 1.165) is 12.8 Å². The molecule has 1 unspecified atom stereocenters. The zero-order valence-corrected chi connectivity index (χ0v) is 16.8. The topological polar surface area (TPSA) is 55.8 Å². The second-order valence-corrected chi connectivity index (χ2v) is 7.76. The van der Waals surface area contributed by atoms with Crippen LogP contribution in [0.15, 0.2) is 48.5 Å². The van der Waals surface area contributed by atoms with Crippen molar-refractivity contribution in [2.24, 2.45) is 5.92 Å². The summed E-state index contributed by atoms with van der Waals surface area (Å²) in [6.07, 6.45) is 2.14. The van der Waals surface area contributed by atoms with Crippen LogP contribution in [0.5, 0.6) is 0 Å². The molecule has 0 N–H and O–H groups in total. The third-order valence-electron chi connectivity index (χ3n) is 5.86. The molecule has 0 bridgehead atoms. The lowest BCUT2D eigenvalue weighted by Gasteiger charge is -2.19. The number of rotatable bonds is 6. The summed E-state index contributed by atoms with van der Waals surface area (Å²) in [4.78, 5) is 26.4. The molecule has 29 heavy (non-hydrogen) atoms. The third-order valence-corrected chi connectivity index (χ3v) is 5.86. The third kappa shape index (κ3) is 4.00. The summed E-state index contributed by atoms with van der Waals surface area (Å²) in [6, 6.07) is 16.6. The van der Waals surface area contributed by atoms with E-state index in [4.69, 9.17) is 9.47 Å². The number of likely N-dealkylation sites (tertiary alicyclic amines) is 1. The van der Waals surface area contributed by atoms with Gasteiger partial charge in [0.25, 0.3) is 0 Å². The van der Waals surface area contributed by atoms with Gasteiger partial charge in [-0.15, -0.1) is 0 Å². The lowest BCUT2D eigenvalue weighted by Crippen LogP contribution is -2.32. The summed E-state index contributed by atoms with van der Waals surface area (Å²) in [5.41, 5.74) is 4.81. The first-order valence-electron chi connectivity index (χ1n) is 10.5. The van der Waals surface area contributed by atoms with Gasteiger partial charge in [0.15, 0.2) is 0 Å². The van der Waals surface area contributed by atoms with Crippen LogP contribution in [0, 0.1) is 5.92 Å². The van der Waals surface area contributed by atoms with E-state index >= 15 is 0 Å². The molecule has 1 heterocycles. The van der Waals surface area contributed by atoms with E-state index in [9.17, 15) is 9.59 Å². The van der Waals surface area contributed by atoms with Gasteiger partial charge in [-0.3, -0.25) is 4.79 Å². The van der Waals surface area contributed by atoms with Crippen molar-refractivity contribution >= 4 is 12.1 Å². The molecule has 5 nitrogen and oxygen atoms in total. The molecule has 2 aliphatic rings. The summed E-state index contributed by atoms with van der Waals surface area (Å²) < 4.78 is 11.0. The van der Waals surface area contributed by atoms with Crippen LogP contribution in [0.2, 0.25) is 0 Å². The van der Waals surface area contributed by atoms with Gasteiger partial charge in [-0.2, -0.15) is 0 Å².